The molecule has 6 heteroatoms. The predicted octanol–water partition coefficient (Wildman–Crippen LogP) is 1.20. The van der Waals surface area contributed by atoms with Gasteiger partial charge in [0, 0.05) is 56.8 Å². The topological polar surface area (TPSA) is 66.4 Å². The van der Waals surface area contributed by atoms with Gasteiger partial charge in [-0.05, 0) is 25.3 Å². The molecule has 2 amide bonds. The van der Waals surface area contributed by atoms with E-state index in [1.807, 2.05) is 15.9 Å². The van der Waals surface area contributed by atoms with Gasteiger partial charge in [0.05, 0.1) is 0 Å². The lowest BCUT2D eigenvalue weighted by atomic mass is 9.94. The summed E-state index contributed by atoms with van der Waals surface area (Å²) in [5.41, 5.74) is 1.02. The first-order valence-corrected chi connectivity index (χ1v) is 8.05. The summed E-state index contributed by atoms with van der Waals surface area (Å²) in [6, 6.07) is 1.93. The molecule has 0 radical (unpaired) electrons. The van der Waals surface area contributed by atoms with Crippen LogP contribution in [0.3, 0.4) is 0 Å². The van der Waals surface area contributed by atoms with Gasteiger partial charge in [0.1, 0.15) is 6.33 Å². The van der Waals surface area contributed by atoms with Crippen LogP contribution in [0.2, 0.25) is 0 Å². The summed E-state index contributed by atoms with van der Waals surface area (Å²) >= 11 is 0. The summed E-state index contributed by atoms with van der Waals surface area (Å²) in [4.78, 5) is 36.0. The van der Waals surface area contributed by atoms with Crippen molar-refractivity contribution in [3.05, 3.63) is 24.3 Å². The van der Waals surface area contributed by atoms with Gasteiger partial charge in [-0.3, -0.25) is 9.59 Å². The lowest BCUT2D eigenvalue weighted by Gasteiger charge is -2.33. The maximum absolute atomic E-state index is 12.4. The van der Waals surface area contributed by atoms with Crippen molar-refractivity contribution in [3.8, 4) is 0 Å². The third-order valence-electron chi connectivity index (χ3n) is 4.56. The zero-order valence-corrected chi connectivity index (χ0v) is 12.8. The second-order valence-corrected chi connectivity index (χ2v) is 6.05. The molecule has 0 N–H and O–H groups in total. The fourth-order valence-corrected chi connectivity index (χ4v) is 3.32. The van der Waals surface area contributed by atoms with Crippen molar-refractivity contribution in [1.29, 1.82) is 0 Å². The van der Waals surface area contributed by atoms with Crippen LogP contribution in [0.25, 0.3) is 0 Å². The zero-order chi connectivity index (χ0) is 15.4. The molecule has 0 aromatic carbocycles. The Kier molecular flexibility index (Phi) is 4.65. The largest absolute Gasteiger partial charge is 0.342 e. The Hall–Kier alpha value is -1.98. The predicted molar refractivity (Wildman–Crippen MR) is 81.0 cm³/mol. The number of aromatic nitrogens is 2. The lowest BCUT2D eigenvalue weighted by Crippen LogP contribution is -2.41. The molecular weight excluding hydrogens is 280 g/mol. The van der Waals surface area contributed by atoms with E-state index in [-0.39, 0.29) is 11.8 Å². The van der Waals surface area contributed by atoms with E-state index < -0.39 is 0 Å². The molecule has 2 aliphatic rings. The number of carbonyl (C=O) groups excluding carboxylic acids is 2. The van der Waals surface area contributed by atoms with Gasteiger partial charge in [0.15, 0.2) is 0 Å². The first-order valence-electron chi connectivity index (χ1n) is 8.05. The molecule has 1 aromatic heterocycles. The van der Waals surface area contributed by atoms with Crippen LogP contribution >= 0.6 is 0 Å². The Morgan fingerprint density at radius 2 is 2.23 bits per heavy atom. The number of hydrogen-bond acceptors (Lipinski definition) is 4. The smallest absolute Gasteiger partial charge is 0.224 e. The van der Waals surface area contributed by atoms with Crippen LogP contribution in [0, 0.1) is 0 Å². The monoisotopic (exact) mass is 302 g/mol. The van der Waals surface area contributed by atoms with E-state index in [9.17, 15) is 9.59 Å². The highest BCUT2D eigenvalue weighted by Crippen LogP contribution is 2.25. The summed E-state index contributed by atoms with van der Waals surface area (Å²) < 4.78 is 0. The standard InChI is InChI=1S/C16H22N4O2/c21-15-4-2-8-19(15)10-6-16(22)20-9-1-3-13(11-20)14-5-7-17-12-18-14/h5,7,12-13H,1-4,6,8-11H2. The van der Waals surface area contributed by atoms with Crippen LogP contribution in [0.5, 0.6) is 0 Å². The molecular formula is C16H22N4O2. The van der Waals surface area contributed by atoms with Crippen LogP contribution < -0.4 is 0 Å². The van der Waals surface area contributed by atoms with Crippen molar-refractivity contribution in [1.82, 2.24) is 19.8 Å². The summed E-state index contributed by atoms with van der Waals surface area (Å²) in [6.45, 7) is 2.90. The zero-order valence-electron chi connectivity index (χ0n) is 12.8. The fraction of sp³-hybridized carbons (Fsp3) is 0.625. The molecule has 22 heavy (non-hydrogen) atoms. The lowest BCUT2D eigenvalue weighted by molar-refractivity contribution is -0.133. The number of amides is 2. The molecule has 3 heterocycles. The summed E-state index contributed by atoms with van der Waals surface area (Å²) in [5, 5.41) is 0. The van der Waals surface area contributed by atoms with Gasteiger partial charge in [0.25, 0.3) is 0 Å². The molecule has 1 atom stereocenters. The van der Waals surface area contributed by atoms with Gasteiger partial charge in [-0.15, -0.1) is 0 Å². The molecule has 6 nitrogen and oxygen atoms in total. The number of nitrogens with zero attached hydrogens (tertiary/aromatic N) is 4. The van der Waals surface area contributed by atoms with Crippen molar-refractivity contribution in [3.63, 3.8) is 0 Å². The van der Waals surface area contributed by atoms with Gasteiger partial charge in [-0.1, -0.05) is 0 Å². The highest BCUT2D eigenvalue weighted by atomic mass is 16.2. The van der Waals surface area contributed by atoms with Crippen molar-refractivity contribution >= 4 is 11.8 Å². The van der Waals surface area contributed by atoms with Crippen molar-refractivity contribution < 1.29 is 9.59 Å². The first-order chi connectivity index (χ1) is 10.7. The Labute approximate surface area is 130 Å². The highest BCUT2D eigenvalue weighted by Gasteiger charge is 2.26. The van der Waals surface area contributed by atoms with Gasteiger partial charge in [-0.2, -0.15) is 0 Å². The number of hydrogen-bond donors (Lipinski definition) is 0. The Morgan fingerprint density at radius 3 is 2.95 bits per heavy atom. The molecule has 3 rings (SSSR count). The molecule has 1 unspecified atom stereocenters. The minimum Gasteiger partial charge on any atom is -0.342 e. The van der Waals surface area contributed by atoms with E-state index in [0.29, 0.717) is 25.3 Å². The highest BCUT2D eigenvalue weighted by molar-refractivity contribution is 5.80. The van der Waals surface area contributed by atoms with E-state index in [0.717, 1.165) is 44.6 Å². The van der Waals surface area contributed by atoms with Crippen molar-refractivity contribution in [2.24, 2.45) is 0 Å². The van der Waals surface area contributed by atoms with Crippen molar-refractivity contribution in [2.75, 3.05) is 26.2 Å². The second-order valence-electron chi connectivity index (χ2n) is 6.05. The van der Waals surface area contributed by atoms with Crippen LogP contribution in [-0.4, -0.2) is 57.8 Å². The van der Waals surface area contributed by atoms with Gasteiger partial charge >= 0.3 is 0 Å². The van der Waals surface area contributed by atoms with Crippen LogP contribution in [0.1, 0.15) is 43.7 Å². The summed E-state index contributed by atoms with van der Waals surface area (Å²) in [5.74, 6) is 0.637. The quantitative estimate of drug-likeness (QED) is 0.838. The van der Waals surface area contributed by atoms with E-state index in [1.165, 1.54) is 0 Å². The van der Waals surface area contributed by atoms with E-state index >= 15 is 0 Å². The number of likely N-dealkylation sites (tertiary alicyclic amines) is 2. The Balaban J connectivity index is 1.53. The maximum Gasteiger partial charge on any atom is 0.224 e. The molecule has 2 aliphatic heterocycles. The van der Waals surface area contributed by atoms with E-state index in [2.05, 4.69) is 9.97 Å². The molecule has 118 valence electrons. The fourth-order valence-electron chi connectivity index (χ4n) is 3.32. The second kappa shape index (κ2) is 6.85. The SMILES string of the molecule is O=C1CCCN1CCC(=O)N1CCCC(c2ccncn2)C1. The minimum absolute atomic E-state index is 0.151. The third-order valence-corrected chi connectivity index (χ3v) is 4.56. The molecule has 0 bridgehead atoms. The molecule has 0 saturated carbocycles. The molecule has 2 saturated heterocycles. The third kappa shape index (κ3) is 3.43. The molecule has 0 aliphatic carbocycles. The van der Waals surface area contributed by atoms with Crippen molar-refractivity contribution in [2.45, 2.75) is 38.0 Å². The maximum atomic E-state index is 12.4. The van der Waals surface area contributed by atoms with Gasteiger partial charge in [0.2, 0.25) is 11.8 Å². The molecule has 1 aromatic rings. The Bertz CT molecular complexity index is 534. The average molecular weight is 302 g/mol. The number of piperidine rings is 1. The average Bonchev–Trinajstić information content (AvgIpc) is 2.99. The summed E-state index contributed by atoms with van der Waals surface area (Å²) in [6.07, 6.45) is 7.37. The van der Waals surface area contributed by atoms with E-state index in [1.54, 1.807) is 12.5 Å². The van der Waals surface area contributed by atoms with Crippen LogP contribution in [0.15, 0.2) is 18.6 Å². The normalized spacial score (nSPS) is 22.2. The van der Waals surface area contributed by atoms with Gasteiger partial charge in [-0.25, -0.2) is 9.97 Å². The summed E-state index contributed by atoms with van der Waals surface area (Å²) in [7, 11) is 0. The minimum atomic E-state index is 0.151. The van der Waals surface area contributed by atoms with E-state index in [4.69, 9.17) is 0 Å². The van der Waals surface area contributed by atoms with Gasteiger partial charge < -0.3 is 9.80 Å². The van der Waals surface area contributed by atoms with Crippen LogP contribution in [-0.2, 0) is 9.59 Å². The van der Waals surface area contributed by atoms with Crippen LogP contribution in [0.4, 0.5) is 0 Å². The Morgan fingerprint density at radius 1 is 1.32 bits per heavy atom. The number of carbonyl (C=O) groups is 2. The first kappa shape index (κ1) is 14.9. The molecule has 0 spiro atoms. The number of rotatable bonds is 4. The molecule has 2 fully saturated rings.